The Hall–Kier alpha value is -1.93. The molecule has 0 aliphatic heterocycles. The second-order valence-electron chi connectivity index (χ2n) is 4.44. The first kappa shape index (κ1) is 14.5. The second kappa shape index (κ2) is 6.02. The maximum atomic E-state index is 11.0. The van der Waals surface area contributed by atoms with Crippen molar-refractivity contribution >= 4 is 23.4 Å². The lowest BCUT2D eigenvalue weighted by molar-refractivity contribution is 0.0771. The van der Waals surface area contributed by atoms with Crippen molar-refractivity contribution in [2.24, 2.45) is 4.99 Å². The van der Waals surface area contributed by atoms with E-state index in [0.717, 1.165) is 5.56 Å². The molecule has 0 fully saturated rings. The van der Waals surface area contributed by atoms with Gasteiger partial charge >= 0.3 is 0 Å². The van der Waals surface area contributed by atoms with Crippen LogP contribution in [0.2, 0.25) is 5.02 Å². The molecule has 0 aromatic heterocycles. The first-order valence-corrected chi connectivity index (χ1v) is 6.65. The molecule has 0 saturated carbocycles. The summed E-state index contributed by atoms with van der Waals surface area (Å²) in [5, 5.41) is 11.5. The van der Waals surface area contributed by atoms with Gasteiger partial charge in [-0.15, -0.1) is 0 Å². The molecular formula is C16H14ClNO2. The lowest BCUT2D eigenvalue weighted by Crippen LogP contribution is -2.26. The molecule has 0 radical (unpaired) electrons. The van der Waals surface area contributed by atoms with E-state index in [4.69, 9.17) is 11.6 Å². The molecule has 1 N–H and O–H groups in total. The van der Waals surface area contributed by atoms with Gasteiger partial charge in [0.05, 0.1) is 5.69 Å². The highest BCUT2D eigenvalue weighted by Crippen LogP contribution is 2.39. The lowest BCUT2D eigenvalue weighted by atomic mass is 9.83. The molecule has 0 bridgehead atoms. The molecular weight excluding hydrogens is 274 g/mol. The number of benzene rings is 2. The lowest BCUT2D eigenvalue weighted by Gasteiger charge is -2.29. The molecule has 2 aromatic rings. The number of isocyanates is 1. The van der Waals surface area contributed by atoms with E-state index in [1.54, 1.807) is 18.2 Å². The summed E-state index contributed by atoms with van der Waals surface area (Å²) >= 11 is 6.02. The van der Waals surface area contributed by atoms with Gasteiger partial charge in [-0.25, -0.2) is 4.79 Å². The quantitative estimate of drug-likeness (QED) is 0.684. The number of carbonyl (C=O) groups excluding carboxylic acids is 1. The highest BCUT2D eigenvalue weighted by Gasteiger charge is 2.32. The molecule has 0 aliphatic carbocycles. The van der Waals surface area contributed by atoms with Crippen LogP contribution in [0.3, 0.4) is 0 Å². The maximum Gasteiger partial charge on any atom is 0.240 e. The minimum absolute atomic E-state index is 0.373. The van der Waals surface area contributed by atoms with Crippen molar-refractivity contribution in [1.29, 1.82) is 0 Å². The molecule has 4 heteroatoms. The molecule has 20 heavy (non-hydrogen) atoms. The molecule has 0 spiro atoms. The zero-order valence-corrected chi connectivity index (χ0v) is 11.8. The molecule has 0 saturated heterocycles. The molecule has 2 rings (SSSR count). The summed E-state index contributed by atoms with van der Waals surface area (Å²) in [6.07, 6.45) is 1.94. The van der Waals surface area contributed by atoms with Crippen molar-refractivity contribution in [1.82, 2.24) is 0 Å². The summed E-state index contributed by atoms with van der Waals surface area (Å²) in [4.78, 5) is 14.2. The van der Waals surface area contributed by atoms with E-state index in [2.05, 4.69) is 4.99 Å². The number of rotatable bonds is 4. The third kappa shape index (κ3) is 2.66. The third-order valence-electron chi connectivity index (χ3n) is 3.33. The molecule has 0 aliphatic rings. The van der Waals surface area contributed by atoms with Crippen molar-refractivity contribution in [3.8, 4) is 0 Å². The molecule has 0 amide bonds. The number of halogens is 1. The van der Waals surface area contributed by atoms with Gasteiger partial charge in [0.15, 0.2) is 0 Å². The standard InChI is InChI=1S/C16H14ClNO2/c1-2-16(20,12-6-4-3-5-7-12)14-10-13(17)8-9-15(14)18-11-19/h3-10,20H,2H2,1H3. The van der Waals surface area contributed by atoms with Crippen molar-refractivity contribution < 1.29 is 9.90 Å². The van der Waals surface area contributed by atoms with Crippen LogP contribution in [0.4, 0.5) is 5.69 Å². The summed E-state index contributed by atoms with van der Waals surface area (Å²) in [7, 11) is 0. The summed E-state index contributed by atoms with van der Waals surface area (Å²) in [6.45, 7) is 1.86. The van der Waals surface area contributed by atoms with Crippen LogP contribution in [0.5, 0.6) is 0 Å². The predicted molar refractivity (Wildman–Crippen MR) is 79.0 cm³/mol. The maximum absolute atomic E-state index is 11.0. The fourth-order valence-electron chi connectivity index (χ4n) is 2.25. The van der Waals surface area contributed by atoms with E-state index in [-0.39, 0.29) is 0 Å². The van der Waals surface area contributed by atoms with Gasteiger partial charge in [0.1, 0.15) is 5.60 Å². The Morgan fingerprint density at radius 3 is 2.55 bits per heavy atom. The normalized spacial score (nSPS) is 13.3. The van der Waals surface area contributed by atoms with E-state index in [9.17, 15) is 9.90 Å². The van der Waals surface area contributed by atoms with Crippen LogP contribution in [0, 0.1) is 0 Å². The van der Waals surface area contributed by atoms with Gasteiger partial charge in [0.25, 0.3) is 0 Å². The van der Waals surface area contributed by atoms with Crippen molar-refractivity contribution in [2.45, 2.75) is 18.9 Å². The average Bonchev–Trinajstić information content (AvgIpc) is 2.49. The largest absolute Gasteiger partial charge is 0.380 e. The Morgan fingerprint density at radius 1 is 1.25 bits per heavy atom. The molecule has 102 valence electrons. The third-order valence-corrected chi connectivity index (χ3v) is 3.57. The topological polar surface area (TPSA) is 49.7 Å². The molecule has 1 atom stereocenters. The van der Waals surface area contributed by atoms with Crippen LogP contribution in [-0.2, 0) is 10.4 Å². The van der Waals surface area contributed by atoms with E-state index in [0.29, 0.717) is 22.7 Å². The Labute approximate surface area is 122 Å². The molecule has 2 aromatic carbocycles. The number of hydrogen-bond acceptors (Lipinski definition) is 3. The van der Waals surface area contributed by atoms with Crippen molar-refractivity contribution in [3.63, 3.8) is 0 Å². The van der Waals surface area contributed by atoms with Gasteiger partial charge in [-0.3, -0.25) is 0 Å². The zero-order chi connectivity index (χ0) is 14.6. The summed E-state index contributed by atoms with van der Waals surface area (Å²) in [5.74, 6) is 0. The van der Waals surface area contributed by atoms with Crippen LogP contribution < -0.4 is 0 Å². The number of aliphatic hydroxyl groups is 1. The number of aliphatic imine (C=N–C) groups is 1. The van der Waals surface area contributed by atoms with Crippen molar-refractivity contribution in [2.75, 3.05) is 0 Å². The van der Waals surface area contributed by atoms with E-state index in [1.165, 1.54) is 6.08 Å². The van der Waals surface area contributed by atoms with Crippen LogP contribution >= 0.6 is 11.6 Å². The average molecular weight is 288 g/mol. The second-order valence-corrected chi connectivity index (χ2v) is 4.88. The Balaban J connectivity index is 2.68. The number of hydrogen-bond donors (Lipinski definition) is 1. The van der Waals surface area contributed by atoms with E-state index in [1.807, 2.05) is 37.3 Å². The van der Waals surface area contributed by atoms with Gasteiger partial charge in [-0.1, -0.05) is 48.9 Å². The minimum Gasteiger partial charge on any atom is -0.380 e. The van der Waals surface area contributed by atoms with Gasteiger partial charge in [0, 0.05) is 10.6 Å². The fraction of sp³-hybridized carbons (Fsp3) is 0.188. The Kier molecular flexibility index (Phi) is 4.35. The predicted octanol–water partition coefficient (Wildman–Crippen LogP) is 3.95. The molecule has 1 unspecified atom stereocenters. The smallest absolute Gasteiger partial charge is 0.240 e. The van der Waals surface area contributed by atoms with Gasteiger partial charge in [0.2, 0.25) is 6.08 Å². The summed E-state index contributed by atoms with van der Waals surface area (Å²) in [5.41, 5.74) is 0.355. The van der Waals surface area contributed by atoms with Crippen LogP contribution in [-0.4, -0.2) is 11.2 Å². The van der Waals surface area contributed by atoms with Crippen LogP contribution in [0.25, 0.3) is 0 Å². The first-order chi connectivity index (χ1) is 9.61. The fourth-order valence-corrected chi connectivity index (χ4v) is 2.42. The van der Waals surface area contributed by atoms with Gasteiger partial charge in [-0.2, -0.15) is 4.99 Å². The number of nitrogens with zero attached hydrogens (tertiary/aromatic N) is 1. The minimum atomic E-state index is -1.25. The summed E-state index contributed by atoms with van der Waals surface area (Å²) in [6, 6.07) is 14.1. The zero-order valence-electron chi connectivity index (χ0n) is 11.0. The highest BCUT2D eigenvalue weighted by atomic mass is 35.5. The molecule has 0 heterocycles. The van der Waals surface area contributed by atoms with Gasteiger partial charge < -0.3 is 5.11 Å². The monoisotopic (exact) mass is 287 g/mol. The highest BCUT2D eigenvalue weighted by molar-refractivity contribution is 6.30. The van der Waals surface area contributed by atoms with Crippen molar-refractivity contribution in [3.05, 3.63) is 64.7 Å². The SMILES string of the molecule is CCC(O)(c1ccccc1)c1cc(Cl)ccc1N=C=O. The Bertz CT molecular complexity index is 651. The van der Waals surface area contributed by atoms with Crippen LogP contribution in [0.15, 0.2) is 53.5 Å². The van der Waals surface area contributed by atoms with E-state index >= 15 is 0 Å². The summed E-state index contributed by atoms with van der Waals surface area (Å²) < 4.78 is 0. The first-order valence-electron chi connectivity index (χ1n) is 6.27. The van der Waals surface area contributed by atoms with E-state index < -0.39 is 5.60 Å². The van der Waals surface area contributed by atoms with Crippen LogP contribution in [0.1, 0.15) is 24.5 Å². The Morgan fingerprint density at radius 2 is 1.95 bits per heavy atom. The molecule has 3 nitrogen and oxygen atoms in total. The van der Waals surface area contributed by atoms with Gasteiger partial charge in [-0.05, 0) is 30.2 Å².